The van der Waals surface area contributed by atoms with E-state index in [1.807, 2.05) is 56.8 Å². The fourth-order valence-corrected chi connectivity index (χ4v) is 2.08. The summed E-state index contributed by atoms with van der Waals surface area (Å²) < 4.78 is 1.81. The Bertz CT molecular complexity index is 597. The summed E-state index contributed by atoms with van der Waals surface area (Å²) in [6, 6.07) is 7.79. The molecular weight excluding hydrogens is 238 g/mol. The summed E-state index contributed by atoms with van der Waals surface area (Å²) in [5, 5.41) is 7.22. The topological polar surface area (TPSA) is 46.9 Å². The standard InChI is InChI=1S/C15H19N3O/c1-10-5-7-13(8-6-10)16-15(19)9-14-11(2)17-18(4)12(14)3/h5-8H,9H2,1-4H3,(H,16,19). The smallest absolute Gasteiger partial charge is 0.228 e. The van der Waals surface area contributed by atoms with Crippen molar-refractivity contribution in [3.8, 4) is 0 Å². The van der Waals surface area contributed by atoms with Crippen LogP contribution in [0.1, 0.15) is 22.5 Å². The number of anilines is 1. The second-order valence-corrected chi connectivity index (χ2v) is 4.86. The number of carbonyl (C=O) groups excluding carboxylic acids is 1. The van der Waals surface area contributed by atoms with Crippen molar-refractivity contribution in [2.75, 3.05) is 5.32 Å². The van der Waals surface area contributed by atoms with Gasteiger partial charge in [0.1, 0.15) is 0 Å². The summed E-state index contributed by atoms with van der Waals surface area (Å²) in [5.41, 5.74) is 4.97. The van der Waals surface area contributed by atoms with Crippen molar-refractivity contribution >= 4 is 11.6 Å². The molecule has 4 nitrogen and oxygen atoms in total. The zero-order valence-electron chi connectivity index (χ0n) is 11.8. The second-order valence-electron chi connectivity index (χ2n) is 4.86. The van der Waals surface area contributed by atoms with Gasteiger partial charge in [0.05, 0.1) is 12.1 Å². The van der Waals surface area contributed by atoms with E-state index < -0.39 is 0 Å². The van der Waals surface area contributed by atoms with Crippen LogP contribution in [0.4, 0.5) is 5.69 Å². The molecule has 1 N–H and O–H groups in total. The molecule has 1 aromatic heterocycles. The average Bonchev–Trinajstić information content (AvgIpc) is 2.59. The first-order valence-electron chi connectivity index (χ1n) is 6.33. The predicted octanol–water partition coefficient (Wildman–Crippen LogP) is 2.53. The Morgan fingerprint density at radius 3 is 2.37 bits per heavy atom. The summed E-state index contributed by atoms with van der Waals surface area (Å²) in [6.07, 6.45) is 0.360. The van der Waals surface area contributed by atoms with Crippen molar-refractivity contribution in [1.82, 2.24) is 9.78 Å². The minimum atomic E-state index is -0.0111. The Balaban J connectivity index is 2.07. The molecule has 0 aliphatic heterocycles. The number of hydrogen-bond acceptors (Lipinski definition) is 2. The Kier molecular flexibility index (Phi) is 3.69. The maximum atomic E-state index is 12.0. The van der Waals surface area contributed by atoms with Crippen LogP contribution < -0.4 is 5.32 Å². The highest BCUT2D eigenvalue weighted by Crippen LogP contribution is 2.14. The summed E-state index contributed by atoms with van der Waals surface area (Å²) >= 11 is 0. The van der Waals surface area contributed by atoms with Crippen molar-refractivity contribution in [1.29, 1.82) is 0 Å². The lowest BCUT2D eigenvalue weighted by molar-refractivity contribution is -0.115. The van der Waals surface area contributed by atoms with E-state index in [-0.39, 0.29) is 5.91 Å². The molecule has 4 heteroatoms. The third-order valence-electron chi connectivity index (χ3n) is 3.33. The second kappa shape index (κ2) is 5.26. The number of rotatable bonds is 3. The number of nitrogens with one attached hydrogen (secondary N) is 1. The third kappa shape index (κ3) is 3.02. The molecule has 2 rings (SSSR count). The molecular formula is C15H19N3O. The number of nitrogens with zero attached hydrogens (tertiary/aromatic N) is 2. The molecule has 100 valence electrons. The minimum absolute atomic E-state index is 0.0111. The Morgan fingerprint density at radius 2 is 1.84 bits per heavy atom. The maximum Gasteiger partial charge on any atom is 0.228 e. The molecule has 0 aliphatic carbocycles. The van der Waals surface area contributed by atoms with Crippen LogP contribution in [-0.4, -0.2) is 15.7 Å². The molecule has 0 aliphatic rings. The average molecular weight is 257 g/mol. The van der Waals surface area contributed by atoms with Gasteiger partial charge in [-0.25, -0.2) is 0 Å². The summed E-state index contributed by atoms with van der Waals surface area (Å²) in [7, 11) is 1.89. The monoisotopic (exact) mass is 257 g/mol. The van der Waals surface area contributed by atoms with E-state index in [4.69, 9.17) is 0 Å². The quantitative estimate of drug-likeness (QED) is 0.918. The lowest BCUT2D eigenvalue weighted by Gasteiger charge is -2.06. The molecule has 0 fully saturated rings. The zero-order chi connectivity index (χ0) is 14.0. The largest absolute Gasteiger partial charge is 0.326 e. The first-order valence-corrected chi connectivity index (χ1v) is 6.33. The Labute approximate surface area is 113 Å². The molecule has 0 bridgehead atoms. The van der Waals surface area contributed by atoms with E-state index in [1.54, 1.807) is 0 Å². The fourth-order valence-electron chi connectivity index (χ4n) is 2.08. The van der Waals surface area contributed by atoms with Crippen LogP contribution in [0.3, 0.4) is 0 Å². The predicted molar refractivity (Wildman–Crippen MR) is 76.2 cm³/mol. The number of amides is 1. The molecule has 0 unspecified atom stereocenters. The Hall–Kier alpha value is -2.10. The number of aromatic nitrogens is 2. The molecule has 1 heterocycles. The molecule has 1 aromatic carbocycles. The molecule has 0 saturated heterocycles. The van der Waals surface area contributed by atoms with Gasteiger partial charge in [0, 0.05) is 24.0 Å². The zero-order valence-corrected chi connectivity index (χ0v) is 11.8. The highest BCUT2D eigenvalue weighted by Gasteiger charge is 2.13. The van der Waals surface area contributed by atoms with Crippen LogP contribution in [0.15, 0.2) is 24.3 Å². The van der Waals surface area contributed by atoms with Gasteiger partial charge in [-0.1, -0.05) is 17.7 Å². The number of benzene rings is 1. The molecule has 19 heavy (non-hydrogen) atoms. The molecule has 2 aromatic rings. The van der Waals surface area contributed by atoms with E-state index in [0.717, 1.165) is 22.6 Å². The van der Waals surface area contributed by atoms with Crippen molar-refractivity contribution in [2.24, 2.45) is 7.05 Å². The van der Waals surface area contributed by atoms with Gasteiger partial charge >= 0.3 is 0 Å². The van der Waals surface area contributed by atoms with Gasteiger partial charge in [-0.2, -0.15) is 5.10 Å². The number of carbonyl (C=O) groups is 1. The van der Waals surface area contributed by atoms with Crippen molar-refractivity contribution in [3.63, 3.8) is 0 Å². The summed E-state index contributed by atoms with van der Waals surface area (Å²) in [6.45, 7) is 5.93. The first-order chi connectivity index (χ1) is 8.97. The van der Waals surface area contributed by atoms with Gasteiger partial charge in [-0.3, -0.25) is 9.48 Å². The summed E-state index contributed by atoms with van der Waals surface area (Å²) in [4.78, 5) is 12.0. The lowest BCUT2D eigenvalue weighted by Crippen LogP contribution is -2.15. The van der Waals surface area contributed by atoms with E-state index >= 15 is 0 Å². The van der Waals surface area contributed by atoms with Crippen LogP contribution in [0.5, 0.6) is 0 Å². The first kappa shape index (κ1) is 13.3. The van der Waals surface area contributed by atoms with Gasteiger partial charge in [0.2, 0.25) is 5.91 Å². The normalized spacial score (nSPS) is 10.5. The lowest BCUT2D eigenvalue weighted by atomic mass is 10.1. The van der Waals surface area contributed by atoms with Crippen LogP contribution in [0.25, 0.3) is 0 Å². The number of hydrogen-bond donors (Lipinski definition) is 1. The van der Waals surface area contributed by atoms with Crippen molar-refractivity contribution < 1.29 is 4.79 Å². The van der Waals surface area contributed by atoms with Crippen LogP contribution in [-0.2, 0) is 18.3 Å². The van der Waals surface area contributed by atoms with Crippen molar-refractivity contribution in [3.05, 3.63) is 46.8 Å². The van der Waals surface area contributed by atoms with E-state index in [0.29, 0.717) is 6.42 Å². The molecule has 1 amide bonds. The van der Waals surface area contributed by atoms with E-state index in [1.165, 1.54) is 5.56 Å². The Morgan fingerprint density at radius 1 is 1.21 bits per heavy atom. The van der Waals surface area contributed by atoms with Gasteiger partial charge in [0.15, 0.2) is 0 Å². The molecule has 0 spiro atoms. The SMILES string of the molecule is Cc1ccc(NC(=O)Cc2c(C)nn(C)c2C)cc1. The van der Waals surface area contributed by atoms with E-state index in [2.05, 4.69) is 10.4 Å². The summed E-state index contributed by atoms with van der Waals surface area (Å²) in [5.74, 6) is -0.0111. The minimum Gasteiger partial charge on any atom is -0.326 e. The molecule has 0 saturated carbocycles. The van der Waals surface area contributed by atoms with Gasteiger partial charge in [-0.05, 0) is 32.9 Å². The third-order valence-corrected chi connectivity index (χ3v) is 3.33. The van der Waals surface area contributed by atoms with Gasteiger partial charge in [-0.15, -0.1) is 0 Å². The molecule has 0 atom stereocenters. The van der Waals surface area contributed by atoms with Gasteiger partial charge < -0.3 is 5.32 Å². The maximum absolute atomic E-state index is 12.0. The van der Waals surface area contributed by atoms with Gasteiger partial charge in [0.25, 0.3) is 0 Å². The number of aryl methyl sites for hydroxylation is 3. The fraction of sp³-hybridized carbons (Fsp3) is 0.333. The van der Waals surface area contributed by atoms with Crippen LogP contribution in [0, 0.1) is 20.8 Å². The van der Waals surface area contributed by atoms with Crippen molar-refractivity contribution in [2.45, 2.75) is 27.2 Å². The van der Waals surface area contributed by atoms with Crippen LogP contribution in [0.2, 0.25) is 0 Å². The van der Waals surface area contributed by atoms with E-state index in [9.17, 15) is 4.79 Å². The molecule has 0 radical (unpaired) electrons. The van der Waals surface area contributed by atoms with Crippen LogP contribution >= 0.6 is 0 Å². The highest BCUT2D eigenvalue weighted by atomic mass is 16.1. The highest BCUT2D eigenvalue weighted by molar-refractivity contribution is 5.92.